The van der Waals surface area contributed by atoms with Crippen molar-refractivity contribution in [2.45, 2.75) is 51.4 Å². The number of hydrogen-bond acceptors (Lipinski definition) is 4. The largest absolute Gasteiger partial charge is 0.379 e. The van der Waals surface area contributed by atoms with Crippen LogP contribution < -0.4 is 0 Å². The van der Waals surface area contributed by atoms with Gasteiger partial charge in [0.15, 0.2) is 5.79 Å². The van der Waals surface area contributed by atoms with E-state index < -0.39 is 0 Å². The highest BCUT2D eigenvalue weighted by Gasteiger charge is 2.40. The Morgan fingerprint density at radius 2 is 1.78 bits per heavy atom. The third-order valence-electron chi connectivity index (χ3n) is 3.54. The van der Waals surface area contributed by atoms with E-state index >= 15 is 0 Å². The Labute approximate surface area is 110 Å². The summed E-state index contributed by atoms with van der Waals surface area (Å²) in [7, 11) is 0. The van der Waals surface area contributed by atoms with Gasteiger partial charge in [0.2, 0.25) is 0 Å². The zero-order valence-corrected chi connectivity index (χ0v) is 11.7. The molecule has 0 aromatic rings. The molecule has 0 radical (unpaired) electrons. The molecule has 0 N–H and O–H groups in total. The maximum atomic E-state index is 5.83. The van der Waals surface area contributed by atoms with Crippen molar-refractivity contribution in [1.82, 2.24) is 0 Å². The fourth-order valence-electron chi connectivity index (χ4n) is 2.58. The molecule has 4 heteroatoms. The molecule has 2 rings (SSSR count). The van der Waals surface area contributed by atoms with Crippen LogP contribution in [-0.2, 0) is 18.9 Å². The monoisotopic (exact) mass is 258 g/mol. The molecule has 0 aromatic carbocycles. The van der Waals surface area contributed by atoms with Crippen molar-refractivity contribution in [1.29, 1.82) is 0 Å². The molecule has 4 nitrogen and oxygen atoms in total. The van der Waals surface area contributed by atoms with E-state index in [1.807, 2.05) is 0 Å². The third-order valence-corrected chi connectivity index (χ3v) is 3.54. The van der Waals surface area contributed by atoms with Gasteiger partial charge >= 0.3 is 0 Å². The zero-order valence-electron chi connectivity index (χ0n) is 11.7. The van der Waals surface area contributed by atoms with Gasteiger partial charge in [0.1, 0.15) is 0 Å². The third kappa shape index (κ3) is 4.19. The van der Waals surface area contributed by atoms with Gasteiger partial charge < -0.3 is 18.9 Å². The minimum absolute atomic E-state index is 0.270. The molecule has 2 aliphatic rings. The normalized spacial score (nSPS) is 24.2. The quantitative estimate of drug-likeness (QED) is 0.685. The molecule has 18 heavy (non-hydrogen) atoms. The van der Waals surface area contributed by atoms with E-state index in [0.29, 0.717) is 25.2 Å². The van der Waals surface area contributed by atoms with Crippen molar-refractivity contribution in [3.63, 3.8) is 0 Å². The van der Waals surface area contributed by atoms with Crippen LogP contribution in [-0.4, -0.2) is 44.9 Å². The van der Waals surface area contributed by atoms with E-state index in [9.17, 15) is 0 Å². The molecule has 1 saturated heterocycles. The predicted molar refractivity (Wildman–Crippen MR) is 68.5 cm³/mol. The van der Waals surface area contributed by atoms with E-state index in [1.54, 1.807) is 0 Å². The summed E-state index contributed by atoms with van der Waals surface area (Å²) in [6, 6.07) is 0. The molecule has 106 valence electrons. The lowest BCUT2D eigenvalue weighted by Crippen LogP contribution is -2.37. The number of rotatable bonds is 6. The Morgan fingerprint density at radius 1 is 1.11 bits per heavy atom. The van der Waals surface area contributed by atoms with Crippen molar-refractivity contribution >= 4 is 0 Å². The van der Waals surface area contributed by atoms with Crippen LogP contribution in [0.15, 0.2) is 0 Å². The molecule has 1 spiro atoms. The van der Waals surface area contributed by atoms with Crippen LogP contribution in [0.4, 0.5) is 0 Å². The first-order valence-corrected chi connectivity index (χ1v) is 7.17. The fraction of sp³-hybridized carbons (Fsp3) is 1.00. The minimum Gasteiger partial charge on any atom is -0.379 e. The topological polar surface area (TPSA) is 36.9 Å². The maximum absolute atomic E-state index is 5.83. The number of hydrogen-bond donors (Lipinski definition) is 0. The predicted octanol–water partition coefficient (Wildman–Crippen LogP) is 2.36. The van der Waals surface area contributed by atoms with Crippen LogP contribution in [0.5, 0.6) is 0 Å². The van der Waals surface area contributed by atoms with Gasteiger partial charge in [-0.25, -0.2) is 0 Å². The smallest absolute Gasteiger partial charge is 0.168 e. The van der Waals surface area contributed by atoms with Gasteiger partial charge in [0.05, 0.1) is 32.5 Å². The second kappa shape index (κ2) is 6.85. The molecular formula is C14H26O4. The highest BCUT2D eigenvalue weighted by atomic mass is 16.7. The van der Waals surface area contributed by atoms with E-state index in [4.69, 9.17) is 18.9 Å². The lowest BCUT2D eigenvalue weighted by Gasteiger charge is -2.35. The summed E-state index contributed by atoms with van der Waals surface area (Å²) in [5, 5.41) is 0. The van der Waals surface area contributed by atoms with Crippen molar-refractivity contribution in [3.05, 3.63) is 0 Å². The summed E-state index contributed by atoms with van der Waals surface area (Å²) in [6.45, 7) is 8.02. The highest BCUT2D eigenvalue weighted by Crippen LogP contribution is 2.36. The molecule has 0 atom stereocenters. The van der Waals surface area contributed by atoms with Gasteiger partial charge in [0.25, 0.3) is 0 Å². The van der Waals surface area contributed by atoms with Crippen molar-refractivity contribution < 1.29 is 18.9 Å². The van der Waals surface area contributed by atoms with Crippen LogP contribution in [0.3, 0.4) is 0 Å². The van der Waals surface area contributed by atoms with Crippen LogP contribution in [0.1, 0.15) is 39.5 Å². The summed E-state index contributed by atoms with van der Waals surface area (Å²) in [5.74, 6) is 0.324. The lowest BCUT2D eigenvalue weighted by atomic mass is 9.92. The van der Waals surface area contributed by atoms with Gasteiger partial charge in [-0.05, 0) is 18.8 Å². The van der Waals surface area contributed by atoms with E-state index in [2.05, 4.69) is 13.8 Å². The molecular weight excluding hydrogens is 232 g/mol. The first kappa shape index (κ1) is 14.3. The second-order valence-electron chi connectivity index (χ2n) is 5.65. The molecule has 2 fully saturated rings. The Hall–Kier alpha value is -0.160. The van der Waals surface area contributed by atoms with Crippen LogP contribution in [0.2, 0.25) is 0 Å². The molecule has 0 bridgehead atoms. The van der Waals surface area contributed by atoms with Crippen molar-refractivity contribution in [3.8, 4) is 0 Å². The molecule has 0 amide bonds. The summed E-state index contributed by atoms with van der Waals surface area (Å²) >= 11 is 0. The standard InChI is InChI=1S/C14H26O4/c1-12(2)11-15-7-8-16-13-3-5-14(6-4-13)17-9-10-18-14/h12-13H,3-11H2,1-2H3. The first-order valence-electron chi connectivity index (χ1n) is 7.17. The molecule has 0 aromatic heterocycles. The molecule has 1 saturated carbocycles. The Kier molecular flexibility index (Phi) is 5.42. The van der Waals surface area contributed by atoms with Gasteiger partial charge in [-0.1, -0.05) is 13.8 Å². The maximum Gasteiger partial charge on any atom is 0.168 e. The molecule has 0 unspecified atom stereocenters. The summed E-state index contributed by atoms with van der Waals surface area (Å²) in [5.41, 5.74) is 0. The molecule has 1 heterocycles. The van der Waals surface area contributed by atoms with Crippen LogP contribution in [0.25, 0.3) is 0 Å². The van der Waals surface area contributed by atoms with E-state index in [-0.39, 0.29) is 5.79 Å². The van der Waals surface area contributed by atoms with Gasteiger partial charge in [-0.3, -0.25) is 0 Å². The Bertz CT molecular complexity index is 226. The average Bonchev–Trinajstić information content (AvgIpc) is 2.80. The summed E-state index contributed by atoms with van der Waals surface area (Å²) in [6.07, 6.45) is 4.34. The van der Waals surface area contributed by atoms with Gasteiger partial charge in [-0.2, -0.15) is 0 Å². The fourth-order valence-corrected chi connectivity index (χ4v) is 2.58. The van der Waals surface area contributed by atoms with Gasteiger partial charge in [0, 0.05) is 19.4 Å². The number of ether oxygens (including phenoxy) is 4. The Balaban J connectivity index is 1.54. The minimum atomic E-state index is -0.270. The molecule has 1 aliphatic heterocycles. The van der Waals surface area contributed by atoms with E-state index in [1.165, 1.54) is 0 Å². The van der Waals surface area contributed by atoms with Crippen LogP contribution in [0, 0.1) is 5.92 Å². The lowest BCUT2D eigenvalue weighted by molar-refractivity contribution is -0.192. The average molecular weight is 258 g/mol. The first-order chi connectivity index (χ1) is 8.70. The zero-order chi connectivity index (χ0) is 12.8. The second-order valence-corrected chi connectivity index (χ2v) is 5.65. The van der Waals surface area contributed by atoms with Crippen molar-refractivity contribution in [2.75, 3.05) is 33.0 Å². The highest BCUT2D eigenvalue weighted by molar-refractivity contribution is 4.82. The van der Waals surface area contributed by atoms with Crippen molar-refractivity contribution in [2.24, 2.45) is 5.92 Å². The summed E-state index contributed by atoms with van der Waals surface area (Å²) < 4.78 is 22.7. The Morgan fingerprint density at radius 3 is 2.39 bits per heavy atom. The van der Waals surface area contributed by atoms with Crippen LogP contribution >= 0.6 is 0 Å². The molecule has 1 aliphatic carbocycles. The van der Waals surface area contributed by atoms with Gasteiger partial charge in [-0.15, -0.1) is 0 Å². The summed E-state index contributed by atoms with van der Waals surface area (Å²) in [4.78, 5) is 0. The van der Waals surface area contributed by atoms with E-state index in [0.717, 1.165) is 45.5 Å². The SMILES string of the molecule is CC(C)COCCOC1CCC2(CC1)OCCO2.